The number of hydrogen-bond donors (Lipinski definition) is 1. The van der Waals surface area contributed by atoms with E-state index in [-0.39, 0.29) is 5.91 Å². The molecule has 1 fully saturated rings. The highest BCUT2D eigenvalue weighted by Crippen LogP contribution is 2.24. The lowest BCUT2D eigenvalue weighted by molar-refractivity contribution is -0.128. The molecule has 0 aromatic carbocycles. The Morgan fingerprint density at radius 1 is 1.53 bits per heavy atom. The number of alkyl halides is 1. The van der Waals surface area contributed by atoms with Gasteiger partial charge in [-0.3, -0.25) is 4.79 Å². The van der Waals surface area contributed by atoms with Crippen molar-refractivity contribution in [3.8, 4) is 0 Å². The molecule has 0 heterocycles. The van der Waals surface area contributed by atoms with E-state index in [9.17, 15) is 4.79 Å². The van der Waals surface area contributed by atoms with E-state index in [1.807, 2.05) is 13.8 Å². The summed E-state index contributed by atoms with van der Waals surface area (Å²) >= 11 is 5.72. The number of carbonyl (C=O) groups excluding carboxylic acids is 1. The Labute approximate surface area is 97.2 Å². The third-order valence-corrected chi connectivity index (χ3v) is 3.54. The molecule has 1 N–H and O–H groups in total. The number of amides is 1. The summed E-state index contributed by atoms with van der Waals surface area (Å²) in [6.07, 6.45) is 2.61. The summed E-state index contributed by atoms with van der Waals surface area (Å²) in [5, 5.41) is 2.92. The molecule has 88 valence electrons. The van der Waals surface area contributed by atoms with Crippen LogP contribution in [0.25, 0.3) is 0 Å². The van der Waals surface area contributed by atoms with E-state index in [1.54, 1.807) is 0 Å². The molecule has 1 rings (SSSR count). The number of rotatable bonds is 6. The molecule has 1 saturated carbocycles. The zero-order valence-electron chi connectivity index (χ0n) is 9.85. The normalized spacial score (nSPS) is 16.9. The van der Waals surface area contributed by atoms with Crippen LogP contribution in [-0.4, -0.2) is 42.9 Å². The Balaban J connectivity index is 2.16. The minimum Gasteiger partial charge on any atom is -0.354 e. The molecule has 4 heteroatoms. The van der Waals surface area contributed by atoms with Crippen LogP contribution >= 0.6 is 11.6 Å². The summed E-state index contributed by atoms with van der Waals surface area (Å²) in [6, 6.07) is 0.753. The van der Waals surface area contributed by atoms with Gasteiger partial charge in [-0.25, -0.2) is 0 Å². The zero-order chi connectivity index (χ0) is 11.5. The Morgan fingerprint density at radius 2 is 2.13 bits per heavy atom. The Morgan fingerprint density at radius 3 is 2.60 bits per heavy atom. The monoisotopic (exact) mass is 232 g/mol. The van der Waals surface area contributed by atoms with Crippen molar-refractivity contribution in [3.63, 3.8) is 0 Å². The van der Waals surface area contributed by atoms with Gasteiger partial charge in [-0.05, 0) is 33.7 Å². The number of hydrogen-bond acceptors (Lipinski definition) is 2. The molecular weight excluding hydrogens is 212 g/mol. The van der Waals surface area contributed by atoms with Crippen molar-refractivity contribution < 1.29 is 4.79 Å². The second-order valence-corrected chi connectivity index (χ2v) is 5.25. The molecule has 3 nitrogen and oxygen atoms in total. The van der Waals surface area contributed by atoms with Crippen LogP contribution in [0, 0.1) is 5.41 Å². The zero-order valence-corrected chi connectivity index (χ0v) is 10.6. The maximum absolute atomic E-state index is 11.6. The second-order valence-electron chi connectivity index (χ2n) is 4.99. The van der Waals surface area contributed by atoms with Gasteiger partial charge < -0.3 is 10.2 Å². The van der Waals surface area contributed by atoms with E-state index >= 15 is 0 Å². The molecule has 0 aromatic heterocycles. The van der Waals surface area contributed by atoms with Gasteiger partial charge in [-0.1, -0.05) is 0 Å². The van der Waals surface area contributed by atoms with Crippen molar-refractivity contribution in [3.05, 3.63) is 0 Å². The average molecular weight is 233 g/mol. The highest BCUT2D eigenvalue weighted by atomic mass is 35.5. The fourth-order valence-corrected chi connectivity index (χ4v) is 1.47. The van der Waals surface area contributed by atoms with Gasteiger partial charge in [0.15, 0.2) is 0 Å². The van der Waals surface area contributed by atoms with Gasteiger partial charge in [0.25, 0.3) is 0 Å². The largest absolute Gasteiger partial charge is 0.354 e. The molecule has 0 atom stereocenters. The van der Waals surface area contributed by atoms with Crippen LogP contribution in [0.15, 0.2) is 0 Å². The summed E-state index contributed by atoms with van der Waals surface area (Å²) in [6.45, 7) is 5.36. The van der Waals surface area contributed by atoms with Crippen LogP contribution < -0.4 is 5.32 Å². The Kier molecular flexibility index (Phi) is 4.41. The summed E-state index contributed by atoms with van der Waals surface area (Å²) in [7, 11) is 2.11. The standard InChI is InChI=1S/C11H21ClN2O/c1-11(2,8-12)10(15)13-6-7-14(3)9-4-5-9/h9H,4-8H2,1-3H3,(H,13,15). The van der Waals surface area contributed by atoms with Crippen molar-refractivity contribution in [1.29, 1.82) is 0 Å². The predicted molar refractivity (Wildman–Crippen MR) is 63.2 cm³/mol. The van der Waals surface area contributed by atoms with Crippen LogP contribution in [0.2, 0.25) is 0 Å². The molecule has 0 aliphatic heterocycles. The number of carbonyl (C=O) groups is 1. The number of likely N-dealkylation sites (N-methyl/N-ethyl adjacent to an activating group) is 1. The van der Waals surface area contributed by atoms with Crippen LogP contribution in [-0.2, 0) is 4.79 Å². The lowest BCUT2D eigenvalue weighted by atomic mass is 9.95. The van der Waals surface area contributed by atoms with E-state index in [4.69, 9.17) is 11.6 Å². The van der Waals surface area contributed by atoms with Gasteiger partial charge >= 0.3 is 0 Å². The highest BCUT2D eigenvalue weighted by Gasteiger charge is 2.27. The maximum Gasteiger partial charge on any atom is 0.226 e. The van der Waals surface area contributed by atoms with E-state index in [1.165, 1.54) is 12.8 Å². The molecule has 0 radical (unpaired) electrons. The van der Waals surface area contributed by atoms with Gasteiger partial charge in [0.1, 0.15) is 0 Å². The quantitative estimate of drug-likeness (QED) is 0.704. The van der Waals surface area contributed by atoms with Crippen LogP contribution in [0.1, 0.15) is 26.7 Å². The lowest BCUT2D eigenvalue weighted by Crippen LogP contribution is -2.41. The molecule has 0 aromatic rings. The van der Waals surface area contributed by atoms with Crippen molar-refractivity contribution in [2.24, 2.45) is 5.41 Å². The van der Waals surface area contributed by atoms with Crippen molar-refractivity contribution in [1.82, 2.24) is 10.2 Å². The SMILES string of the molecule is CN(CCNC(=O)C(C)(C)CCl)C1CC1. The highest BCUT2D eigenvalue weighted by molar-refractivity contribution is 6.19. The third kappa shape index (κ3) is 3.99. The molecule has 15 heavy (non-hydrogen) atoms. The molecule has 0 spiro atoms. The van der Waals surface area contributed by atoms with Gasteiger partial charge in [-0.2, -0.15) is 0 Å². The first kappa shape index (κ1) is 12.8. The van der Waals surface area contributed by atoms with Crippen molar-refractivity contribution >= 4 is 17.5 Å². The van der Waals surface area contributed by atoms with E-state index in [0.717, 1.165) is 12.6 Å². The molecule has 1 amide bonds. The average Bonchev–Trinajstić information content (AvgIpc) is 3.00. The first-order chi connectivity index (χ1) is 6.97. The molecule has 0 unspecified atom stereocenters. The van der Waals surface area contributed by atoms with E-state index in [2.05, 4.69) is 17.3 Å². The minimum absolute atomic E-state index is 0.0432. The summed E-state index contributed by atoms with van der Waals surface area (Å²) in [4.78, 5) is 13.9. The fourth-order valence-electron chi connectivity index (χ4n) is 1.34. The van der Waals surface area contributed by atoms with Gasteiger partial charge in [0.05, 0.1) is 5.41 Å². The predicted octanol–water partition coefficient (Wildman–Crippen LogP) is 1.46. The lowest BCUT2D eigenvalue weighted by Gasteiger charge is -2.22. The molecular formula is C11H21ClN2O. The first-order valence-corrected chi connectivity index (χ1v) is 6.05. The number of nitrogens with zero attached hydrogens (tertiary/aromatic N) is 1. The molecule has 0 bridgehead atoms. The van der Waals surface area contributed by atoms with E-state index < -0.39 is 5.41 Å². The summed E-state index contributed by atoms with van der Waals surface area (Å²) < 4.78 is 0. The fraction of sp³-hybridized carbons (Fsp3) is 0.909. The van der Waals surface area contributed by atoms with Crippen LogP contribution in [0.4, 0.5) is 0 Å². The van der Waals surface area contributed by atoms with Gasteiger partial charge in [-0.15, -0.1) is 11.6 Å². The first-order valence-electron chi connectivity index (χ1n) is 5.52. The molecule has 0 saturated heterocycles. The Bertz CT molecular complexity index is 227. The summed E-state index contributed by atoms with van der Waals surface area (Å²) in [5.41, 5.74) is -0.459. The van der Waals surface area contributed by atoms with Crippen molar-refractivity contribution in [2.75, 3.05) is 26.0 Å². The molecule has 1 aliphatic rings. The second kappa shape index (κ2) is 5.17. The van der Waals surface area contributed by atoms with Crippen LogP contribution in [0.5, 0.6) is 0 Å². The van der Waals surface area contributed by atoms with Gasteiger partial charge in [0.2, 0.25) is 5.91 Å². The van der Waals surface area contributed by atoms with Gasteiger partial charge in [0, 0.05) is 25.0 Å². The van der Waals surface area contributed by atoms with E-state index in [0.29, 0.717) is 12.4 Å². The van der Waals surface area contributed by atoms with Crippen molar-refractivity contribution in [2.45, 2.75) is 32.7 Å². The van der Waals surface area contributed by atoms with Crippen LogP contribution in [0.3, 0.4) is 0 Å². The maximum atomic E-state index is 11.6. The molecule has 1 aliphatic carbocycles. The minimum atomic E-state index is -0.459. The number of nitrogens with one attached hydrogen (secondary N) is 1. The Hall–Kier alpha value is -0.280. The topological polar surface area (TPSA) is 32.3 Å². The third-order valence-electron chi connectivity index (χ3n) is 2.87. The summed E-state index contributed by atoms with van der Waals surface area (Å²) in [5.74, 6) is 0.402. The number of halogens is 1. The smallest absolute Gasteiger partial charge is 0.226 e.